The minimum absolute atomic E-state index is 0.0207. The molecule has 0 heterocycles. The van der Waals surface area contributed by atoms with Gasteiger partial charge in [-0.2, -0.15) is 0 Å². The smallest absolute Gasteiger partial charge is 0.305 e. The standard InChI is InChI=1S/C29H56O4/c1-3-5-25-29(31)33-27-24-22-20-18-16-14-12-10-8-6-7-9-11-13-15-17-19-21-23-26-28(30)32-4-2/h3-27H2,1-2H3. The zero-order valence-electron chi connectivity index (χ0n) is 22.3. The Morgan fingerprint density at radius 3 is 1.15 bits per heavy atom. The highest BCUT2D eigenvalue weighted by atomic mass is 16.5. The van der Waals surface area contributed by atoms with Gasteiger partial charge >= 0.3 is 11.9 Å². The Labute approximate surface area is 206 Å². The van der Waals surface area contributed by atoms with Gasteiger partial charge in [0.15, 0.2) is 0 Å². The molecule has 33 heavy (non-hydrogen) atoms. The van der Waals surface area contributed by atoms with Crippen LogP contribution in [-0.2, 0) is 19.1 Å². The molecule has 0 fully saturated rings. The van der Waals surface area contributed by atoms with Crippen molar-refractivity contribution in [1.29, 1.82) is 0 Å². The molecule has 0 saturated heterocycles. The van der Waals surface area contributed by atoms with Gasteiger partial charge in [-0.25, -0.2) is 0 Å². The first-order chi connectivity index (χ1) is 16.2. The summed E-state index contributed by atoms with van der Waals surface area (Å²) in [7, 11) is 0. The Morgan fingerprint density at radius 1 is 0.424 bits per heavy atom. The summed E-state index contributed by atoms with van der Waals surface area (Å²) >= 11 is 0. The maximum atomic E-state index is 11.4. The maximum Gasteiger partial charge on any atom is 0.305 e. The Morgan fingerprint density at radius 2 is 0.758 bits per heavy atom. The van der Waals surface area contributed by atoms with E-state index in [1.807, 2.05) is 6.92 Å². The fraction of sp³-hybridized carbons (Fsp3) is 0.931. The summed E-state index contributed by atoms with van der Waals surface area (Å²) in [6.45, 7) is 5.07. The zero-order chi connectivity index (χ0) is 24.2. The quantitative estimate of drug-likeness (QED) is 0.0938. The van der Waals surface area contributed by atoms with Crippen LogP contribution in [0, 0.1) is 0 Å². The molecule has 0 rings (SSSR count). The average molecular weight is 469 g/mol. The van der Waals surface area contributed by atoms with Crippen molar-refractivity contribution >= 4 is 11.9 Å². The third-order valence-corrected chi connectivity index (χ3v) is 6.33. The number of rotatable bonds is 26. The van der Waals surface area contributed by atoms with Gasteiger partial charge in [0.2, 0.25) is 0 Å². The summed E-state index contributed by atoms with van der Waals surface area (Å²) in [4.78, 5) is 22.6. The van der Waals surface area contributed by atoms with Crippen molar-refractivity contribution < 1.29 is 19.1 Å². The first kappa shape index (κ1) is 31.9. The molecule has 4 heteroatoms. The average Bonchev–Trinajstić information content (AvgIpc) is 2.81. The minimum Gasteiger partial charge on any atom is -0.466 e. The highest BCUT2D eigenvalue weighted by molar-refractivity contribution is 5.69. The topological polar surface area (TPSA) is 52.6 Å². The second-order valence-electron chi connectivity index (χ2n) is 9.60. The first-order valence-electron chi connectivity index (χ1n) is 14.5. The van der Waals surface area contributed by atoms with Crippen LogP contribution in [0.5, 0.6) is 0 Å². The fourth-order valence-electron chi connectivity index (χ4n) is 4.19. The van der Waals surface area contributed by atoms with Gasteiger partial charge in [0.05, 0.1) is 13.2 Å². The highest BCUT2D eigenvalue weighted by Gasteiger charge is 2.02. The normalized spacial score (nSPS) is 11.0. The third-order valence-electron chi connectivity index (χ3n) is 6.33. The van der Waals surface area contributed by atoms with Crippen molar-refractivity contribution in [1.82, 2.24) is 0 Å². The van der Waals surface area contributed by atoms with E-state index in [1.165, 1.54) is 103 Å². The number of ether oxygens (including phenoxy) is 2. The molecular weight excluding hydrogens is 412 g/mol. The van der Waals surface area contributed by atoms with E-state index >= 15 is 0 Å². The Bertz CT molecular complexity index is 422. The van der Waals surface area contributed by atoms with Crippen molar-refractivity contribution in [2.75, 3.05) is 13.2 Å². The number of carbonyl (C=O) groups is 2. The molecular formula is C29H56O4. The molecule has 0 spiro atoms. The van der Waals surface area contributed by atoms with Crippen LogP contribution < -0.4 is 0 Å². The number of hydrogen-bond donors (Lipinski definition) is 0. The molecule has 196 valence electrons. The van der Waals surface area contributed by atoms with Gasteiger partial charge in [0.1, 0.15) is 0 Å². The van der Waals surface area contributed by atoms with Crippen LogP contribution in [0.4, 0.5) is 0 Å². The van der Waals surface area contributed by atoms with Gasteiger partial charge in [-0.1, -0.05) is 122 Å². The Hall–Kier alpha value is -1.06. The second kappa shape index (κ2) is 27.2. The first-order valence-corrected chi connectivity index (χ1v) is 14.5. The molecule has 0 unspecified atom stereocenters. The fourth-order valence-corrected chi connectivity index (χ4v) is 4.19. The van der Waals surface area contributed by atoms with Crippen LogP contribution >= 0.6 is 0 Å². The van der Waals surface area contributed by atoms with Crippen LogP contribution in [-0.4, -0.2) is 25.2 Å². The molecule has 4 nitrogen and oxygen atoms in total. The van der Waals surface area contributed by atoms with E-state index in [9.17, 15) is 9.59 Å². The van der Waals surface area contributed by atoms with Gasteiger partial charge in [0.25, 0.3) is 0 Å². The maximum absolute atomic E-state index is 11.4. The van der Waals surface area contributed by atoms with Gasteiger partial charge in [0, 0.05) is 12.8 Å². The van der Waals surface area contributed by atoms with Gasteiger partial charge in [-0.05, 0) is 26.2 Å². The summed E-state index contributed by atoms with van der Waals surface area (Å²) in [5.41, 5.74) is 0. The van der Waals surface area contributed by atoms with Crippen LogP contribution in [0.1, 0.15) is 162 Å². The van der Waals surface area contributed by atoms with E-state index in [1.54, 1.807) is 0 Å². The molecule has 0 radical (unpaired) electrons. The summed E-state index contributed by atoms with van der Waals surface area (Å²) < 4.78 is 10.2. The van der Waals surface area contributed by atoms with Crippen LogP contribution in [0.15, 0.2) is 0 Å². The van der Waals surface area contributed by atoms with E-state index in [4.69, 9.17) is 9.47 Å². The van der Waals surface area contributed by atoms with Crippen molar-refractivity contribution in [2.45, 2.75) is 162 Å². The predicted octanol–water partition coefficient (Wildman–Crippen LogP) is 9.08. The molecule has 0 saturated carbocycles. The van der Waals surface area contributed by atoms with E-state index in [0.717, 1.165) is 32.1 Å². The molecule has 0 aromatic rings. The van der Waals surface area contributed by atoms with Crippen molar-refractivity contribution in [3.63, 3.8) is 0 Å². The molecule has 0 amide bonds. The molecule has 0 aliphatic heterocycles. The van der Waals surface area contributed by atoms with Gasteiger partial charge in [-0.3, -0.25) is 9.59 Å². The molecule has 0 aromatic heterocycles. The van der Waals surface area contributed by atoms with E-state index in [-0.39, 0.29) is 11.9 Å². The van der Waals surface area contributed by atoms with Crippen LogP contribution in [0.3, 0.4) is 0 Å². The number of hydrogen-bond acceptors (Lipinski definition) is 4. The Kier molecular flexibility index (Phi) is 26.3. The lowest BCUT2D eigenvalue weighted by Crippen LogP contribution is -2.05. The van der Waals surface area contributed by atoms with E-state index in [0.29, 0.717) is 26.1 Å². The number of carbonyl (C=O) groups excluding carboxylic acids is 2. The summed E-state index contributed by atoms with van der Waals surface area (Å²) in [6, 6.07) is 0. The predicted molar refractivity (Wildman–Crippen MR) is 139 cm³/mol. The third kappa shape index (κ3) is 27.1. The molecule has 0 N–H and O–H groups in total. The lowest BCUT2D eigenvalue weighted by Gasteiger charge is -2.05. The van der Waals surface area contributed by atoms with E-state index in [2.05, 4.69) is 6.92 Å². The molecule has 0 bridgehead atoms. The van der Waals surface area contributed by atoms with Gasteiger partial charge in [-0.15, -0.1) is 0 Å². The molecule has 0 atom stereocenters. The highest BCUT2D eigenvalue weighted by Crippen LogP contribution is 2.15. The summed E-state index contributed by atoms with van der Waals surface area (Å²) in [6.07, 6.45) is 28.0. The minimum atomic E-state index is -0.0389. The van der Waals surface area contributed by atoms with Crippen LogP contribution in [0.2, 0.25) is 0 Å². The Balaban J connectivity index is 3.09. The largest absolute Gasteiger partial charge is 0.466 e. The van der Waals surface area contributed by atoms with E-state index < -0.39 is 0 Å². The second-order valence-corrected chi connectivity index (χ2v) is 9.60. The number of esters is 2. The molecule has 0 aliphatic carbocycles. The summed E-state index contributed by atoms with van der Waals surface area (Å²) in [5.74, 6) is -0.0596. The lowest BCUT2D eigenvalue weighted by molar-refractivity contribution is -0.144. The van der Waals surface area contributed by atoms with Crippen LogP contribution in [0.25, 0.3) is 0 Å². The van der Waals surface area contributed by atoms with Crippen molar-refractivity contribution in [2.24, 2.45) is 0 Å². The monoisotopic (exact) mass is 468 g/mol. The summed E-state index contributed by atoms with van der Waals surface area (Å²) in [5, 5.41) is 0. The number of unbranched alkanes of at least 4 members (excludes halogenated alkanes) is 19. The lowest BCUT2D eigenvalue weighted by atomic mass is 10.0. The van der Waals surface area contributed by atoms with Crippen molar-refractivity contribution in [3.05, 3.63) is 0 Å². The molecule has 0 aromatic carbocycles. The van der Waals surface area contributed by atoms with Crippen molar-refractivity contribution in [3.8, 4) is 0 Å². The zero-order valence-corrected chi connectivity index (χ0v) is 22.3. The molecule has 0 aliphatic rings. The SMILES string of the molecule is CCCCC(=O)OCCCCCCCCCCCCCCCCCCCCCC(=O)OCC. The van der Waals surface area contributed by atoms with Gasteiger partial charge < -0.3 is 9.47 Å².